The number of thiazole rings is 1. The lowest BCUT2D eigenvalue weighted by Crippen LogP contribution is -2.01. The van der Waals surface area contributed by atoms with Crippen molar-refractivity contribution in [3.63, 3.8) is 0 Å². The van der Waals surface area contributed by atoms with E-state index in [4.69, 9.17) is 9.40 Å². The molecule has 7 nitrogen and oxygen atoms in total. The molecule has 4 rings (SSSR count). The Balaban J connectivity index is 1.93. The van der Waals surface area contributed by atoms with Gasteiger partial charge in [-0.3, -0.25) is 4.99 Å². The molecule has 4 aromatic heterocycles. The van der Waals surface area contributed by atoms with Gasteiger partial charge in [-0.05, 0) is 19.7 Å². The number of rotatable bonds is 3. The molecule has 8 heteroatoms. The van der Waals surface area contributed by atoms with E-state index in [1.54, 1.807) is 25.7 Å². The average Bonchev–Trinajstić information content (AvgIpc) is 3.29. The van der Waals surface area contributed by atoms with Gasteiger partial charge < -0.3 is 4.42 Å². The molecule has 0 saturated heterocycles. The molecule has 0 aliphatic heterocycles. The standard InChI is InChI=1S/C18H14N6OS/c1-10-16(26-18(23-10)11-7-21-9-22-8-11)15-12-4-5-25-14(12)6-13(24-15)17(19-2)20-3/h4-9H,2H2,1,3H3. The Morgan fingerprint density at radius 2 is 2.04 bits per heavy atom. The van der Waals surface area contributed by atoms with Crippen LogP contribution in [0.15, 0.2) is 51.5 Å². The number of furan rings is 1. The van der Waals surface area contributed by atoms with E-state index in [9.17, 15) is 0 Å². The van der Waals surface area contributed by atoms with Crippen molar-refractivity contribution >= 4 is 34.9 Å². The summed E-state index contributed by atoms with van der Waals surface area (Å²) in [5.74, 6) is 0.461. The fourth-order valence-corrected chi connectivity index (χ4v) is 3.71. The third kappa shape index (κ3) is 2.70. The second kappa shape index (κ2) is 6.57. The van der Waals surface area contributed by atoms with Gasteiger partial charge in [-0.25, -0.2) is 24.9 Å². The Bertz CT molecular complexity index is 1130. The molecule has 128 valence electrons. The first-order chi connectivity index (χ1) is 12.7. The smallest absolute Gasteiger partial charge is 0.172 e. The zero-order chi connectivity index (χ0) is 18.1. The van der Waals surface area contributed by atoms with Crippen LogP contribution < -0.4 is 0 Å². The summed E-state index contributed by atoms with van der Waals surface area (Å²) in [6, 6.07) is 3.72. The SMILES string of the molecule is C=NC(=NC)c1cc2occc2c(-c2sc(-c3cncnc3)nc2C)n1. The highest BCUT2D eigenvalue weighted by molar-refractivity contribution is 7.18. The highest BCUT2D eigenvalue weighted by Crippen LogP contribution is 2.37. The Hall–Kier alpha value is -3.26. The molecule has 0 saturated carbocycles. The van der Waals surface area contributed by atoms with Crippen molar-refractivity contribution in [2.24, 2.45) is 9.98 Å². The monoisotopic (exact) mass is 362 g/mol. The lowest BCUT2D eigenvalue weighted by atomic mass is 10.1. The van der Waals surface area contributed by atoms with Crippen molar-refractivity contribution in [3.05, 3.63) is 48.5 Å². The zero-order valence-electron chi connectivity index (χ0n) is 14.2. The number of nitrogens with zero attached hydrogens (tertiary/aromatic N) is 6. The van der Waals surface area contributed by atoms with E-state index in [-0.39, 0.29) is 0 Å². The number of pyridine rings is 1. The van der Waals surface area contributed by atoms with E-state index >= 15 is 0 Å². The summed E-state index contributed by atoms with van der Waals surface area (Å²) < 4.78 is 5.60. The molecule has 0 fully saturated rings. The quantitative estimate of drug-likeness (QED) is 0.408. The first-order valence-corrected chi connectivity index (χ1v) is 8.58. The first kappa shape index (κ1) is 16.2. The second-order valence-corrected chi connectivity index (χ2v) is 6.45. The van der Waals surface area contributed by atoms with Gasteiger partial charge in [0.05, 0.1) is 22.5 Å². The predicted molar refractivity (Wildman–Crippen MR) is 103 cm³/mol. The number of hydrogen-bond donors (Lipinski definition) is 0. The summed E-state index contributed by atoms with van der Waals surface area (Å²) in [5.41, 5.74) is 3.86. The Labute approximate surface area is 153 Å². The van der Waals surface area contributed by atoms with Crippen LogP contribution in [0.25, 0.3) is 32.1 Å². The summed E-state index contributed by atoms with van der Waals surface area (Å²) in [4.78, 5) is 26.6. The topological polar surface area (TPSA) is 89.4 Å². The van der Waals surface area contributed by atoms with E-state index in [2.05, 4.69) is 31.7 Å². The number of hydrogen-bond acceptors (Lipinski definition) is 7. The van der Waals surface area contributed by atoms with Crippen LogP contribution in [0.5, 0.6) is 0 Å². The van der Waals surface area contributed by atoms with Gasteiger partial charge in [0.25, 0.3) is 0 Å². The van der Waals surface area contributed by atoms with Gasteiger partial charge in [-0.1, -0.05) is 0 Å². The van der Waals surface area contributed by atoms with E-state index in [0.717, 1.165) is 32.2 Å². The highest BCUT2D eigenvalue weighted by Gasteiger charge is 2.18. The maximum Gasteiger partial charge on any atom is 0.172 e. The van der Waals surface area contributed by atoms with E-state index in [1.165, 1.54) is 17.7 Å². The molecule has 4 heterocycles. The van der Waals surface area contributed by atoms with Crippen molar-refractivity contribution < 1.29 is 4.42 Å². The summed E-state index contributed by atoms with van der Waals surface area (Å²) in [6.45, 7) is 5.52. The molecule has 0 aromatic carbocycles. The van der Waals surface area contributed by atoms with Crippen LogP contribution in [0.3, 0.4) is 0 Å². The van der Waals surface area contributed by atoms with Gasteiger partial charge in [-0.2, -0.15) is 0 Å². The van der Waals surface area contributed by atoms with Crippen molar-refractivity contribution in [2.75, 3.05) is 7.05 Å². The van der Waals surface area contributed by atoms with Gasteiger partial charge in [0, 0.05) is 36.5 Å². The average molecular weight is 362 g/mol. The van der Waals surface area contributed by atoms with Crippen LogP contribution in [-0.4, -0.2) is 39.5 Å². The number of fused-ring (bicyclic) bond motifs is 1. The largest absolute Gasteiger partial charge is 0.464 e. The van der Waals surface area contributed by atoms with E-state index in [0.29, 0.717) is 17.1 Å². The van der Waals surface area contributed by atoms with Gasteiger partial charge in [0.15, 0.2) is 5.84 Å². The molecule has 0 radical (unpaired) electrons. The highest BCUT2D eigenvalue weighted by atomic mass is 32.1. The van der Waals surface area contributed by atoms with Crippen LogP contribution >= 0.6 is 11.3 Å². The fourth-order valence-electron chi connectivity index (χ4n) is 2.67. The summed E-state index contributed by atoms with van der Waals surface area (Å²) in [6.07, 6.45) is 6.64. The van der Waals surface area contributed by atoms with Crippen LogP contribution in [0, 0.1) is 6.92 Å². The molecular formula is C18H14N6OS. The normalized spacial score (nSPS) is 11.8. The molecule has 0 amide bonds. The van der Waals surface area contributed by atoms with Gasteiger partial charge in [-0.15, -0.1) is 11.3 Å². The lowest BCUT2D eigenvalue weighted by molar-refractivity contribution is 0.615. The van der Waals surface area contributed by atoms with Crippen LogP contribution in [0.2, 0.25) is 0 Å². The first-order valence-electron chi connectivity index (χ1n) is 7.76. The molecule has 0 atom stereocenters. The minimum Gasteiger partial charge on any atom is -0.464 e. The van der Waals surface area contributed by atoms with Crippen molar-refractivity contribution in [1.29, 1.82) is 0 Å². The molecule has 0 unspecified atom stereocenters. The Morgan fingerprint density at radius 1 is 1.23 bits per heavy atom. The second-order valence-electron chi connectivity index (χ2n) is 5.45. The van der Waals surface area contributed by atoms with E-state index in [1.807, 2.05) is 19.1 Å². The van der Waals surface area contributed by atoms with Crippen molar-refractivity contribution in [3.8, 4) is 21.1 Å². The number of amidine groups is 1. The molecule has 0 aliphatic carbocycles. The minimum absolute atomic E-state index is 0.461. The molecule has 0 spiro atoms. The molecule has 0 bridgehead atoms. The van der Waals surface area contributed by atoms with Crippen LogP contribution in [-0.2, 0) is 0 Å². The van der Waals surface area contributed by atoms with Gasteiger partial charge >= 0.3 is 0 Å². The van der Waals surface area contributed by atoms with Crippen molar-refractivity contribution in [1.82, 2.24) is 19.9 Å². The summed E-state index contributed by atoms with van der Waals surface area (Å²) in [5, 5.41) is 1.75. The molecule has 26 heavy (non-hydrogen) atoms. The predicted octanol–water partition coefficient (Wildman–Crippen LogP) is 3.79. The maximum absolute atomic E-state index is 5.60. The third-order valence-electron chi connectivity index (χ3n) is 3.86. The van der Waals surface area contributed by atoms with Gasteiger partial charge in [0.1, 0.15) is 22.6 Å². The summed E-state index contributed by atoms with van der Waals surface area (Å²) >= 11 is 1.54. The lowest BCUT2D eigenvalue weighted by Gasteiger charge is -2.05. The number of aryl methyl sites for hydroxylation is 1. The Morgan fingerprint density at radius 3 is 2.77 bits per heavy atom. The van der Waals surface area contributed by atoms with Gasteiger partial charge in [0.2, 0.25) is 0 Å². The molecule has 0 N–H and O–H groups in total. The summed E-state index contributed by atoms with van der Waals surface area (Å²) in [7, 11) is 1.66. The number of aromatic nitrogens is 4. The molecular weight excluding hydrogens is 348 g/mol. The molecule has 4 aromatic rings. The van der Waals surface area contributed by atoms with E-state index < -0.39 is 0 Å². The maximum atomic E-state index is 5.60. The third-order valence-corrected chi connectivity index (χ3v) is 5.07. The molecule has 0 aliphatic rings. The zero-order valence-corrected chi connectivity index (χ0v) is 15.0. The number of aliphatic imine (C=N–C) groups is 2. The minimum atomic E-state index is 0.461. The van der Waals surface area contributed by atoms with Crippen molar-refractivity contribution in [2.45, 2.75) is 6.92 Å². The fraction of sp³-hybridized carbons (Fsp3) is 0.111. The van der Waals surface area contributed by atoms with Crippen LogP contribution in [0.4, 0.5) is 0 Å². The van der Waals surface area contributed by atoms with Crippen LogP contribution in [0.1, 0.15) is 11.4 Å². The Kier molecular flexibility index (Phi) is 4.10.